The second kappa shape index (κ2) is 7.02. The van der Waals surface area contributed by atoms with Gasteiger partial charge in [-0.3, -0.25) is 0 Å². The number of nitrogens with zero attached hydrogens (tertiary/aromatic N) is 1. The molecule has 1 saturated heterocycles. The molecular weight excluding hydrogens is 354 g/mol. The second-order valence-corrected chi connectivity index (χ2v) is 7.39. The largest absolute Gasteiger partial charge is 0.371 e. The smallest absolute Gasteiger partial charge is 0.252 e. The molecule has 0 saturated carbocycles. The number of hydrogen-bond donors (Lipinski definition) is 0. The Kier molecular flexibility index (Phi) is 5.10. The highest BCUT2D eigenvalue weighted by Gasteiger charge is 2.62. The first-order chi connectivity index (χ1) is 12.3. The standard InChI is InChI=1S/C20H22ClNO4/c1-4-18-20(16-11-7-5-8-12-16,17-13-9-6-10-14-17)19(15(2)22(18)3)26-21(23,24)25/h4-15,19H,1-3H3/b18-4-. The fraction of sp³-hybridized carbons (Fsp3) is 0.300. The number of rotatable bonds is 4. The van der Waals surface area contributed by atoms with Crippen molar-refractivity contribution in [3.05, 3.63) is 83.6 Å². The Bertz CT molecular complexity index is 734. The summed E-state index contributed by atoms with van der Waals surface area (Å²) in [6, 6.07) is 18.8. The van der Waals surface area contributed by atoms with Crippen molar-refractivity contribution in [1.82, 2.24) is 4.90 Å². The highest BCUT2D eigenvalue weighted by molar-refractivity contribution is 5.53. The van der Waals surface area contributed by atoms with Crippen LogP contribution in [0.15, 0.2) is 72.4 Å². The van der Waals surface area contributed by atoms with E-state index in [1.54, 1.807) is 0 Å². The minimum atomic E-state index is -4.58. The average Bonchev–Trinajstić information content (AvgIpc) is 2.84. The number of benzene rings is 2. The molecule has 2 aromatic rings. The van der Waals surface area contributed by atoms with Crippen molar-refractivity contribution in [2.75, 3.05) is 7.05 Å². The molecule has 0 spiro atoms. The van der Waals surface area contributed by atoms with E-state index in [1.165, 1.54) is 0 Å². The van der Waals surface area contributed by atoms with E-state index < -0.39 is 21.8 Å². The normalized spacial score (nSPS) is 24.2. The Labute approximate surface area is 155 Å². The van der Waals surface area contributed by atoms with Gasteiger partial charge in [-0.05, 0) is 25.0 Å². The third-order valence-corrected chi connectivity index (χ3v) is 5.61. The van der Waals surface area contributed by atoms with Gasteiger partial charge < -0.3 is 4.90 Å². The minimum Gasteiger partial charge on any atom is -0.371 e. The van der Waals surface area contributed by atoms with E-state index in [0.717, 1.165) is 16.8 Å². The van der Waals surface area contributed by atoms with Crippen LogP contribution in [-0.2, 0) is 9.70 Å². The van der Waals surface area contributed by atoms with Gasteiger partial charge in [0.15, 0.2) is 0 Å². The van der Waals surface area contributed by atoms with E-state index in [9.17, 15) is 14.0 Å². The summed E-state index contributed by atoms with van der Waals surface area (Å²) < 4.78 is 39.8. The third-order valence-electron chi connectivity index (χ3n) is 5.20. The van der Waals surface area contributed by atoms with Crippen LogP contribution in [0.1, 0.15) is 25.0 Å². The van der Waals surface area contributed by atoms with Gasteiger partial charge in [-0.1, -0.05) is 66.7 Å². The van der Waals surface area contributed by atoms with Gasteiger partial charge in [-0.15, -0.1) is 0 Å². The summed E-state index contributed by atoms with van der Waals surface area (Å²) >= 11 is 0. The van der Waals surface area contributed by atoms with Crippen molar-refractivity contribution in [3.63, 3.8) is 0 Å². The number of allylic oxidation sites excluding steroid dienone is 1. The maximum atomic E-state index is 11.5. The monoisotopic (exact) mass is 375 g/mol. The lowest BCUT2D eigenvalue weighted by molar-refractivity contribution is -1.92. The summed E-state index contributed by atoms with van der Waals surface area (Å²) in [6.07, 6.45) is 1.06. The van der Waals surface area contributed by atoms with Crippen LogP contribution in [0.2, 0.25) is 0 Å². The first-order valence-electron chi connectivity index (χ1n) is 8.42. The van der Waals surface area contributed by atoms with Crippen LogP contribution < -0.4 is 14.0 Å². The zero-order chi connectivity index (χ0) is 18.9. The van der Waals surface area contributed by atoms with Gasteiger partial charge in [0, 0.05) is 12.7 Å². The summed E-state index contributed by atoms with van der Waals surface area (Å²) in [5.74, 6) is 0. The van der Waals surface area contributed by atoms with Gasteiger partial charge in [0.25, 0.3) is 6.10 Å². The maximum Gasteiger partial charge on any atom is 0.252 e. The molecule has 0 aromatic heterocycles. The van der Waals surface area contributed by atoms with Crippen molar-refractivity contribution in [1.29, 1.82) is 0 Å². The number of likely N-dealkylation sites (N-methyl/N-ethyl adjacent to an activating group) is 1. The first kappa shape index (κ1) is 18.9. The lowest BCUT2D eigenvalue weighted by Crippen LogP contribution is -2.64. The van der Waals surface area contributed by atoms with Gasteiger partial charge in [0.2, 0.25) is 0 Å². The average molecular weight is 376 g/mol. The summed E-state index contributed by atoms with van der Waals surface area (Å²) in [7, 11) is -2.70. The molecule has 26 heavy (non-hydrogen) atoms. The molecule has 1 heterocycles. The lowest BCUT2D eigenvalue weighted by atomic mass is 9.69. The molecule has 0 amide bonds. The molecule has 0 bridgehead atoms. The molecule has 5 nitrogen and oxygen atoms in total. The van der Waals surface area contributed by atoms with E-state index >= 15 is 0 Å². The van der Waals surface area contributed by atoms with Crippen LogP contribution in [-0.4, -0.2) is 24.1 Å². The van der Waals surface area contributed by atoms with Crippen molar-refractivity contribution < 1.29 is 28.5 Å². The highest BCUT2D eigenvalue weighted by Crippen LogP contribution is 2.51. The van der Waals surface area contributed by atoms with Gasteiger partial charge in [0.05, 0.1) is 20.6 Å². The van der Waals surface area contributed by atoms with E-state index in [2.05, 4.69) is 0 Å². The van der Waals surface area contributed by atoms with Gasteiger partial charge in [0.1, 0.15) is 5.41 Å². The fourth-order valence-electron chi connectivity index (χ4n) is 4.09. The molecular formula is C20H22ClNO4. The zero-order valence-corrected chi connectivity index (χ0v) is 15.7. The third kappa shape index (κ3) is 3.02. The Morgan fingerprint density at radius 2 is 1.42 bits per heavy atom. The van der Waals surface area contributed by atoms with E-state index in [1.807, 2.05) is 92.5 Å². The van der Waals surface area contributed by atoms with Crippen molar-refractivity contribution >= 4 is 0 Å². The van der Waals surface area contributed by atoms with Crippen molar-refractivity contribution in [2.24, 2.45) is 0 Å². The van der Waals surface area contributed by atoms with Crippen LogP contribution in [0.5, 0.6) is 0 Å². The van der Waals surface area contributed by atoms with Crippen LogP contribution in [0, 0.1) is 10.2 Å². The Balaban J connectivity index is 2.34. The number of likely N-dealkylation sites (tertiary alicyclic amines) is 1. The van der Waals surface area contributed by atoms with E-state index in [4.69, 9.17) is 4.29 Å². The molecule has 1 fully saturated rings. The summed E-state index contributed by atoms with van der Waals surface area (Å²) in [5, 5.41) is 0. The van der Waals surface area contributed by atoms with Crippen LogP contribution in [0.3, 0.4) is 0 Å². The van der Waals surface area contributed by atoms with Crippen LogP contribution in [0.4, 0.5) is 0 Å². The molecule has 2 unspecified atom stereocenters. The molecule has 2 atom stereocenters. The number of halogens is 1. The van der Waals surface area contributed by atoms with Crippen LogP contribution >= 0.6 is 0 Å². The topological polar surface area (TPSA) is 81.7 Å². The SMILES string of the molecule is C/C=C1\N(C)C(C)C(O[Cl+3]([O-])([O-])[O-])C1(c1ccccc1)c1ccccc1. The molecule has 0 N–H and O–H groups in total. The molecule has 1 aliphatic rings. The Morgan fingerprint density at radius 1 is 0.962 bits per heavy atom. The van der Waals surface area contributed by atoms with Gasteiger partial charge >= 0.3 is 0 Å². The van der Waals surface area contributed by atoms with E-state index in [0.29, 0.717) is 0 Å². The fourth-order valence-corrected chi connectivity index (χ4v) is 4.61. The predicted octanol–water partition coefficient (Wildman–Crippen LogP) is 0.493. The Morgan fingerprint density at radius 3 is 1.81 bits per heavy atom. The van der Waals surface area contributed by atoms with Gasteiger partial charge in [-0.25, -0.2) is 0 Å². The minimum absolute atomic E-state index is 0.321. The summed E-state index contributed by atoms with van der Waals surface area (Å²) in [4.78, 5) is 1.98. The predicted molar refractivity (Wildman–Crippen MR) is 89.5 cm³/mol. The van der Waals surface area contributed by atoms with Crippen molar-refractivity contribution in [2.45, 2.75) is 31.4 Å². The molecule has 0 radical (unpaired) electrons. The van der Waals surface area contributed by atoms with Crippen LogP contribution in [0.25, 0.3) is 0 Å². The molecule has 6 heteroatoms. The molecule has 3 rings (SSSR count). The first-order valence-corrected chi connectivity index (χ1v) is 9.65. The molecule has 2 aromatic carbocycles. The quantitative estimate of drug-likeness (QED) is 0.777. The molecule has 1 aliphatic heterocycles. The highest BCUT2D eigenvalue weighted by atomic mass is 35.7. The summed E-state index contributed by atoms with van der Waals surface area (Å²) in [6.45, 7) is 3.77. The number of hydrogen-bond acceptors (Lipinski definition) is 5. The second-order valence-electron chi connectivity index (χ2n) is 6.45. The van der Waals surface area contributed by atoms with Crippen molar-refractivity contribution in [3.8, 4) is 0 Å². The van der Waals surface area contributed by atoms with E-state index in [-0.39, 0.29) is 6.04 Å². The molecule has 0 aliphatic carbocycles. The molecule has 138 valence electrons. The van der Waals surface area contributed by atoms with Gasteiger partial charge in [-0.2, -0.15) is 14.0 Å². The summed E-state index contributed by atoms with van der Waals surface area (Å²) in [5.41, 5.74) is 1.74. The lowest BCUT2D eigenvalue weighted by Gasteiger charge is -2.35. The zero-order valence-electron chi connectivity index (χ0n) is 15.0. The Hall–Kier alpha value is -1.89. The maximum absolute atomic E-state index is 11.5.